The molecule has 1 atom stereocenters. The fourth-order valence-corrected chi connectivity index (χ4v) is 3.52. The van der Waals surface area contributed by atoms with Gasteiger partial charge in [0.15, 0.2) is 0 Å². The highest BCUT2D eigenvalue weighted by molar-refractivity contribution is 7.09. The summed E-state index contributed by atoms with van der Waals surface area (Å²) in [5, 5.41) is 5.71. The molecule has 1 aromatic carbocycles. The smallest absolute Gasteiger partial charge is 0.250 e. The fourth-order valence-electron chi connectivity index (χ4n) is 2.81. The number of hydrogen-bond donors (Lipinski definition) is 2. The molecule has 0 saturated heterocycles. The van der Waals surface area contributed by atoms with Crippen LogP contribution in [0.2, 0.25) is 0 Å². The molecule has 28 heavy (non-hydrogen) atoms. The third-order valence-corrected chi connectivity index (χ3v) is 5.41. The number of rotatable bonds is 10. The van der Waals surface area contributed by atoms with Crippen molar-refractivity contribution in [3.8, 4) is 11.6 Å². The molecule has 0 spiro atoms. The molecule has 0 radical (unpaired) electrons. The van der Waals surface area contributed by atoms with Crippen molar-refractivity contribution >= 4 is 17.2 Å². The quantitative estimate of drug-likeness (QED) is 0.540. The van der Waals surface area contributed by atoms with Crippen molar-refractivity contribution in [1.82, 2.24) is 10.3 Å². The van der Waals surface area contributed by atoms with Gasteiger partial charge in [0, 0.05) is 29.7 Å². The molecule has 0 aliphatic heterocycles. The van der Waals surface area contributed by atoms with Gasteiger partial charge in [-0.1, -0.05) is 18.2 Å². The molecule has 1 unspecified atom stereocenters. The molecule has 5 nitrogen and oxygen atoms in total. The second-order valence-electron chi connectivity index (χ2n) is 6.72. The summed E-state index contributed by atoms with van der Waals surface area (Å²) in [6.07, 6.45) is 4.60. The highest BCUT2D eigenvalue weighted by Gasteiger charge is 2.05. The first-order chi connectivity index (χ1) is 13.6. The van der Waals surface area contributed by atoms with Crippen LogP contribution < -0.4 is 15.8 Å². The van der Waals surface area contributed by atoms with Crippen molar-refractivity contribution in [3.05, 3.63) is 76.1 Å². The fraction of sp³-hybridized carbons (Fsp3) is 0.273. The maximum atomic E-state index is 11.1. The summed E-state index contributed by atoms with van der Waals surface area (Å²) in [6.45, 7) is 3.24. The topological polar surface area (TPSA) is 77.2 Å². The summed E-state index contributed by atoms with van der Waals surface area (Å²) in [6, 6.07) is 16.0. The number of thiophene rings is 1. The van der Waals surface area contributed by atoms with Crippen molar-refractivity contribution in [3.63, 3.8) is 0 Å². The van der Waals surface area contributed by atoms with E-state index in [1.807, 2.05) is 23.5 Å². The molecule has 2 aromatic heterocycles. The van der Waals surface area contributed by atoms with E-state index >= 15 is 0 Å². The van der Waals surface area contributed by atoms with E-state index in [4.69, 9.17) is 10.5 Å². The first-order valence-corrected chi connectivity index (χ1v) is 10.3. The number of amides is 1. The lowest BCUT2D eigenvalue weighted by Crippen LogP contribution is -2.28. The summed E-state index contributed by atoms with van der Waals surface area (Å²) in [5.41, 5.74) is 6.84. The van der Waals surface area contributed by atoms with E-state index in [0.717, 1.165) is 25.8 Å². The highest BCUT2D eigenvalue weighted by Crippen LogP contribution is 2.20. The van der Waals surface area contributed by atoms with Gasteiger partial charge in [0.25, 0.3) is 0 Å². The number of carbonyl (C=O) groups is 1. The Labute approximate surface area is 169 Å². The van der Waals surface area contributed by atoms with Crippen LogP contribution in [0.3, 0.4) is 0 Å². The van der Waals surface area contributed by atoms with Crippen LogP contribution in [0.15, 0.2) is 60.1 Å². The van der Waals surface area contributed by atoms with Crippen LogP contribution in [0.1, 0.15) is 34.1 Å². The van der Waals surface area contributed by atoms with Crippen LogP contribution >= 0.6 is 11.3 Å². The Morgan fingerprint density at radius 3 is 2.64 bits per heavy atom. The van der Waals surface area contributed by atoms with Crippen LogP contribution in [0, 0.1) is 0 Å². The molecule has 146 valence electrons. The lowest BCUT2D eigenvalue weighted by atomic mass is 10.1. The largest absolute Gasteiger partial charge is 0.439 e. The Hall–Kier alpha value is -2.70. The average molecular weight is 396 g/mol. The second kappa shape index (κ2) is 10.0. The van der Waals surface area contributed by atoms with E-state index in [1.54, 1.807) is 12.1 Å². The van der Waals surface area contributed by atoms with Gasteiger partial charge in [-0.2, -0.15) is 0 Å². The Morgan fingerprint density at radius 2 is 2.00 bits per heavy atom. The van der Waals surface area contributed by atoms with Crippen molar-refractivity contribution < 1.29 is 9.53 Å². The highest BCUT2D eigenvalue weighted by atomic mass is 32.1. The summed E-state index contributed by atoms with van der Waals surface area (Å²) < 4.78 is 5.71. The Morgan fingerprint density at radius 1 is 1.18 bits per heavy atom. The number of aryl methyl sites for hydroxylation is 1. The van der Waals surface area contributed by atoms with E-state index in [9.17, 15) is 4.79 Å². The third kappa shape index (κ3) is 6.18. The third-order valence-electron chi connectivity index (χ3n) is 4.48. The molecule has 3 aromatic rings. The van der Waals surface area contributed by atoms with Crippen molar-refractivity contribution in [2.45, 2.75) is 32.2 Å². The second-order valence-corrected chi connectivity index (χ2v) is 7.75. The number of pyridine rings is 1. The number of nitrogens with one attached hydrogen (secondary N) is 1. The first-order valence-electron chi connectivity index (χ1n) is 9.38. The molecule has 6 heteroatoms. The van der Waals surface area contributed by atoms with Gasteiger partial charge in [0.1, 0.15) is 5.75 Å². The number of hydrogen-bond acceptors (Lipinski definition) is 5. The molecule has 0 aliphatic rings. The number of nitrogens with two attached hydrogens (primary N) is 1. The molecule has 2 heterocycles. The van der Waals surface area contributed by atoms with E-state index < -0.39 is 5.91 Å². The maximum absolute atomic E-state index is 11.1. The normalized spacial score (nSPS) is 11.9. The molecular weight excluding hydrogens is 370 g/mol. The average Bonchev–Trinajstić information content (AvgIpc) is 3.21. The lowest BCUT2D eigenvalue weighted by molar-refractivity contribution is 0.1000. The van der Waals surface area contributed by atoms with E-state index in [1.165, 1.54) is 16.6 Å². The van der Waals surface area contributed by atoms with E-state index in [-0.39, 0.29) is 0 Å². The van der Waals surface area contributed by atoms with Gasteiger partial charge in [-0.25, -0.2) is 4.98 Å². The Kier molecular flexibility index (Phi) is 7.17. The molecular formula is C22H25N3O2S. The number of carbonyl (C=O) groups excluding carboxylic acids is 1. The van der Waals surface area contributed by atoms with Gasteiger partial charge in [-0.3, -0.25) is 4.79 Å². The molecule has 0 saturated carbocycles. The number of ether oxygens (including phenoxy) is 1. The Bertz CT molecular complexity index is 862. The van der Waals surface area contributed by atoms with Crippen LogP contribution in [0.5, 0.6) is 11.6 Å². The van der Waals surface area contributed by atoms with Crippen LogP contribution in [-0.2, 0) is 12.8 Å². The molecule has 0 fully saturated rings. The van der Waals surface area contributed by atoms with Gasteiger partial charge in [-0.15, -0.1) is 11.3 Å². The SMILES string of the molecule is CC(CCc1ccc(Oc2ccc(C(N)=O)cn2)cc1)NCCc1cccs1. The zero-order valence-corrected chi connectivity index (χ0v) is 16.7. The molecule has 1 amide bonds. The van der Waals surface area contributed by atoms with Crippen molar-refractivity contribution in [1.29, 1.82) is 0 Å². The van der Waals surface area contributed by atoms with Gasteiger partial charge in [0.2, 0.25) is 11.8 Å². The van der Waals surface area contributed by atoms with Crippen LogP contribution in [0.4, 0.5) is 0 Å². The minimum atomic E-state index is -0.501. The number of aromatic nitrogens is 1. The van der Waals surface area contributed by atoms with Crippen LogP contribution in [-0.4, -0.2) is 23.5 Å². The lowest BCUT2D eigenvalue weighted by Gasteiger charge is -2.13. The summed E-state index contributed by atoms with van der Waals surface area (Å²) in [7, 11) is 0. The Balaban J connectivity index is 1.41. The summed E-state index contributed by atoms with van der Waals surface area (Å²) >= 11 is 1.81. The first kappa shape index (κ1) is 20.0. The van der Waals surface area contributed by atoms with Crippen molar-refractivity contribution in [2.24, 2.45) is 5.73 Å². The van der Waals surface area contributed by atoms with Gasteiger partial charge in [-0.05, 0) is 61.4 Å². The monoisotopic (exact) mass is 395 g/mol. The predicted octanol–water partition coefficient (Wildman–Crippen LogP) is 4.19. The summed E-state index contributed by atoms with van der Waals surface area (Å²) in [4.78, 5) is 16.6. The van der Waals surface area contributed by atoms with E-state index in [0.29, 0.717) is 23.2 Å². The van der Waals surface area contributed by atoms with Crippen LogP contribution in [0.25, 0.3) is 0 Å². The zero-order valence-electron chi connectivity index (χ0n) is 15.9. The van der Waals surface area contributed by atoms with Gasteiger partial charge >= 0.3 is 0 Å². The minimum Gasteiger partial charge on any atom is -0.439 e. The molecule has 3 rings (SSSR count). The summed E-state index contributed by atoms with van der Waals surface area (Å²) in [5.74, 6) is 0.644. The maximum Gasteiger partial charge on any atom is 0.250 e. The zero-order chi connectivity index (χ0) is 19.8. The van der Waals surface area contributed by atoms with E-state index in [2.05, 4.69) is 46.9 Å². The standard InChI is InChI=1S/C22H25N3O2S/c1-16(24-13-12-20-3-2-14-28-20)4-5-17-6-9-19(10-7-17)27-21-11-8-18(15-25-21)22(23)26/h2-3,6-11,14-16,24H,4-5,12-13H2,1H3,(H2,23,26). The number of primary amides is 1. The van der Waals surface area contributed by atoms with Crippen molar-refractivity contribution in [2.75, 3.05) is 6.54 Å². The molecule has 0 aliphatic carbocycles. The van der Waals surface area contributed by atoms with Gasteiger partial charge < -0.3 is 15.8 Å². The minimum absolute atomic E-state index is 0.362. The van der Waals surface area contributed by atoms with Gasteiger partial charge in [0.05, 0.1) is 5.56 Å². The number of benzene rings is 1. The number of nitrogens with zero attached hydrogens (tertiary/aromatic N) is 1. The predicted molar refractivity (Wildman–Crippen MR) is 113 cm³/mol. The molecule has 0 bridgehead atoms. The molecule has 3 N–H and O–H groups in total.